The number of hydrogen-bond acceptors (Lipinski definition) is 3. The molecule has 0 aliphatic heterocycles. The molecule has 0 fully saturated rings. The highest BCUT2D eigenvalue weighted by atomic mass is 16.1. The van der Waals surface area contributed by atoms with Gasteiger partial charge in [-0.15, -0.1) is 0 Å². The maximum absolute atomic E-state index is 10.9. The Morgan fingerprint density at radius 3 is 3.08 bits per heavy atom. The van der Waals surface area contributed by atoms with E-state index in [0.29, 0.717) is 5.69 Å². The Balaban J connectivity index is 2.75. The maximum atomic E-state index is 10.9. The Kier molecular flexibility index (Phi) is 2.76. The molecule has 1 aromatic heterocycles. The second kappa shape index (κ2) is 3.82. The largest absolute Gasteiger partial charge is 0.323 e. The summed E-state index contributed by atoms with van der Waals surface area (Å²) in [6.45, 7) is 1.89. The van der Waals surface area contributed by atoms with E-state index in [-0.39, 0.29) is 12.5 Å². The van der Waals surface area contributed by atoms with Crippen molar-refractivity contribution in [3.63, 3.8) is 0 Å². The van der Waals surface area contributed by atoms with Crippen molar-refractivity contribution in [2.75, 3.05) is 11.9 Å². The molecule has 12 heavy (non-hydrogen) atoms. The molecular weight excluding hydrogens is 154 g/mol. The van der Waals surface area contributed by atoms with Gasteiger partial charge in [0.05, 0.1) is 18.4 Å². The van der Waals surface area contributed by atoms with Crippen LogP contribution in [0.1, 0.15) is 5.56 Å². The van der Waals surface area contributed by atoms with E-state index in [0.717, 1.165) is 5.56 Å². The van der Waals surface area contributed by atoms with Gasteiger partial charge in [0.25, 0.3) is 0 Å². The molecule has 0 aliphatic rings. The topological polar surface area (TPSA) is 68.0 Å². The Morgan fingerprint density at radius 2 is 2.50 bits per heavy atom. The number of nitrogens with one attached hydrogen (secondary N) is 1. The zero-order valence-electron chi connectivity index (χ0n) is 6.87. The van der Waals surface area contributed by atoms with Crippen LogP contribution in [-0.2, 0) is 4.79 Å². The number of aryl methyl sites for hydroxylation is 1. The summed E-state index contributed by atoms with van der Waals surface area (Å²) >= 11 is 0. The molecule has 0 bridgehead atoms. The lowest BCUT2D eigenvalue weighted by molar-refractivity contribution is -0.114. The van der Waals surface area contributed by atoms with Gasteiger partial charge in [-0.2, -0.15) is 0 Å². The fraction of sp³-hybridized carbons (Fsp3) is 0.250. The highest BCUT2D eigenvalue weighted by Gasteiger charge is 2.00. The van der Waals surface area contributed by atoms with Crippen molar-refractivity contribution in [2.24, 2.45) is 5.73 Å². The molecular formula is C8H11N3O. The fourth-order valence-electron chi connectivity index (χ4n) is 0.796. The van der Waals surface area contributed by atoms with Crippen LogP contribution in [-0.4, -0.2) is 17.4 Å². The predicted molar refractivity (Wildman–Crippen MR) is 46.7 cm³/mol. The molecule has 1 heterocycles. The number of hydrogen-bond donors (Lipinski definition) is 2. The molecule has 1 amide bonds. The Labute approximate surface area is 70.8 Å². The summed E-state index contributed by atoms with van der Waals surface area (Å²) in [5.41, 5.74) is 6.83. The summed E-state index contributed by atoms with van der Waals surface area (Å²) in [4.78, 5) is 14.7. The van der Waals surface area contributed by atoms with E-state index in [1.165, 1.54) is 0 Å². The van der Waals surface area contributed by atoms with Crippen LogP contribution in [0, 0.1) is 6.92 Å². The Hall–Kier alpha value is -1.42. The number of carbonyl (C=O) groups is 1. The van der Waals surface area contributed by atoms with Gasteiger partial charge in [-0.3, -0.25) is 9.78 Å². The first kappa shape index (κ1) is 8.67. The monoisotopic (exact) mass is 165 g/mol. The third-order valence-corrected chi connectivity index (χ3v) is 1.50. The molecule has 0 saturated carbocycles. The van der Waals surface area contributed by atoms with Gasteiger partial charge in [0.1, 0.15) is 0 Å². The van der Waals surface area contributed by atoms with Crippen molar-refractivity contribution in [1.82, 2.24) is 4.98 Å². The average Bonchev–Trinajstić information content (AvgIpc) is 2.09. The average molecular weight is 165 g/mol. The SMILES string of the molecule is Cc1ccncc1NC(=O)CN. The van der Waals surface area contributed by atoms with Gasteiger partial charge < -0.3 is 11.1 Å². The number of anilines is 1. The van der Waals surface area contributed by atoms with Crippen molar-refractivity contribution < 1.29 is 4.79 Å². The molecule has 4 nitrogen and oxygen atoms in total. The van der Waals surface area contributed by atoms with Crippen LogP contribution in [0.25, 0.3) is 0 Å². The molecule has 1 aromatic rings. The summed E-state index contributed by atoms with van der Waals surface area (Å²) in [5, 5.41) is 2.63. The Morgan fingerprint density at radius 1 is 1.75 bits per heavy atom. The van der Waals surface area contributed by atoms with E-state index in [4.69, 9.17) is 5.73 Å². The first-order valence-corrected chi connectivity index (χ1v) is 3.64. The number of aromatic nitrogens is 1. The highest BCUT2D eigenvalue weighted by Crippen LogP contribution is 2.10. The molecule has 0 spiro atoms. The lowest BCUT2D eigenvalue weighted by atomic mass is 10.2. The van der Waals surface area contributed by atoms with Gasteiger partial charge >= 0.3 is 0 Å². The van der Waals surface area contributed by atoms with Gasteiger partial charge in [-0.1, -0.05) is 0 Å². The molecule has 0 aromatic carbocycles. The normalized spacial score (nSPS) is 9.50. The third kappa shape index (κ3) is 2.03. The van der Waals surface area contributed by atoms with Crippen LogP contribution in [0.5, 0.6) is 0 Å². The highest BCUT2D eigenvalue weighted by molar-refractivity contribution is 5.92. The van der Waals surface area contributed by atoms with E-state index in [1.54, 1.807) is 12.4 Å². The third-order valence-electron chi connectivity index (χ3n) is 1.50. The van der Waals surface area contributed by atoms with Gasteiger partial charge in [0, 0.05) is 6.20 Å². The molecule has 4 heteroatoms. The van der Waals surface area contributed by atoms with Crippen molar-refractivity contribution >= 4 is 11.6 Å². The number of nitrogens with two attached hydrogens (primary N) is 1. The maximum Gasteiger partial charge on any atom is 0.238 e. The van der Waals surface area contributed by atoms with Crippen molar-refractivity contribution in [3.8, 4) is 0 Å². The minimum atomic E-state index is -0.203. The van der Waals surface area contributed by atoms with E-state index in [9.17, 15) is 4.79 Å². The first-order valence-electron chi connectivity index (χ1n) is 3.64. The fourth-order valence-corrected chi connectivity index (χ4v) is 0.796. The molecule has 0 unspecified atom stereocenters. The summed E-state index contributed by atoms with van der Waals surface area (Å²) in [5.74, 6) is -0.203. The quantitative estimate of drug-likeness (QED) is 0.661. The van der Waals surface area contributed by atoms with Crippen LogP contribution in [0.3, 0.4) is 0 Å². The van der Waals surface area contributed by atoms with E-state index in [1.807, 2.05) is 13.0 Å². The van der Waals surface area contributed by atoms with Crippen molar-refractivity contribution in [3.05, 3.63) is 24.0 Å². The number of pyridine rings is 1. The number of carbonyl (C=O) groups excluding carboxylic acids is 1. The summed E-state index contributed by atoms with van der Waals surface area (Å²) in [6.07, 6.45) is 3.27. The zero-order chi connectivity index (χ0) is 8.97. The van der Waals surface area contributed by atoms with Crippen LogP contribution in [0.15, 0.2) is 18.5 Å². The molecule has 0 atom stereocenters. The standard InChI is InChI=1S/C8H11N3O/c1-6-2-3-10-5-7(6)11-8(12)4-9/h2-3,5H,4,9H2,1H3,(H,11,12). The summed E-state index contributed by atoms with van der Waals surface area (Å²) < 4.78 is 0. The van der Waals surface area contributed by atoms with E-state index >= 15 is 0 Å². The number of amides is 1. The second-order valence-electron chi connectivity index (χ2n) is 2.44. The zero-order valence-corrected chi connectivity index (χ0v) is 6.87. The minimum absolute atomic E-state index is 0.00562. The number of nitrogens with zero attached hydrogens (tertiary/aromatic N) is 1. The van der Waals surface area contributed by atoms with E-state index < -0.39 is 0 Å². The van der Waals surface area contributed by atoms with Gasteiger partial charge in [-0.25, -0.2) is 0 Å². The van der Waals surface area contributed by atoms with Gasteiger partial charge in [0.2, 0.25) is 5.91 Å². The summed E-state index contributed by atoms with van der Waals surface area (Å²) in [6, 6.07) is 1.83. The second-order valence-corrected chi connectivity index (χ2v) is 2.44. The molecule has 0 aliphatic carbocycles. The van der Waals surface area contributed by atoms with Crippen LogP contribution in [0.2, 0.25) is 0 Å². The number of rotatable bonds is 2. The van der Waals surface area contributed by atoms with Crippen molar-refractivity contribution in [2.45, 2.75) is 6.92 Å². The predicted octanol–water partition coefficient (Wildman–Crippen LogP) is 0.287. The molecule has 64 valence electrons. The first-order chi connectivity index (χ1) is 5.74. The molecule has 0 saturated heterocycles. The Bertz CT molecular complexity index is 285. The van der Waals surface area contributed by atoms with Crippen LogP contribution < -0.4 is 11.1 Å². The van der Waals surface area contributed by atoms with Gasteiger partial charge in [0.15, 0.2) is 0 Å². The lowest BCUT2D eigenvalue weighted by Crippen LogP contribution is -2.22. The smallest absolute Gasteiger partial charge is 0.238 e. The van der Waals surface area contributed by atoms with Crippen LogP contribution in [0.4, 0.5) is 5.69 Å². The molecule has 3 N–H and O–H groups in total. The lowest BCUT2D eigenvalue weighted by Gasteiger charge is -2.04. The van der Waals surface area contributed by atoms with Crippen molar-refractivity contribution in [1.29, 1.82) is 0 Å². The molecule has 0 radical (unpaired) electrons. The summed E-state index contributed by atoms with van der Waals surface area (Å²) in [7, 11) is 0. The van der Waals surface area contributed by atoms with Gasteiger partial charge in [-0.05, 0) is 18.6 Å². The van der Waals surface area contributed by atoms with E-state index in [2.05, 4.69) is 10.3 Å². The molecule has 1 rings (SSSR count). The van der Waals surface area contributed by atoms with Crippen LogP contribution >= 0.6 is 0 Å². The minimum Gasteiger partial charge on any atom is -0.323 e.